The highest BCUT2D eigenvalue weighted by Crippen LogP contribution is 2.41. The number of anilines is 1. The van der Waals surface area contributed by atoms with Crippen LogP contribution in [0, 0.1) is 0 Å². The summed E-state index contributed by atoms with van der Waals surface area (Å²) in [5.74, 6) is 0.0581. The minimum atomic E-state index is -3.38. The second-order valence-corrected chi connectivity index (χ2v) is 10.8. The van der Waals surface area contributed by atoms with Crippen LogP contribution >= 0.6 is 0 Å². The standard InChI is InChI=1S/C24H27NO7S/c1-24(2)13-18-6-4-8-21(23(18)32-24)30-15-22(27)31-14-20(26)17-9-10-19-16(12-17)7-5-11-25(19)33(3,28)29/h4,6,8-10,12H,5,7,11,13-15H2,1-3H3. The Hall–Kier alpha value is -3.07. The van der Waals surface area contributed by atoms with Gasteiger partial charge in [0.2, 0.25) is 10.0 Å². The zero-order valence-corrected chi connectivity index (χ0v) is 19.7. The van der Waals surface area contributed by atoms with Gasteiger partial charge in [0.15, 0.2) is 30.5 Å². The van der Waals surface area contributed by atoms with E-state index in [1.165, 1.54) is 10.6 Å². The molecule has 8 nitrogen and oxygen atoms in total. The third kappa shape index (κ3) is 5.13. The van der Waals surface area contributed by atoms with Crippen molar-refractivity contribution in [2.24, 2.45) is 0 Å². The highest BCUT2D eigenvalue weighted by molar-refractivity contribution is 7.92. The van der Waals surface area contributed by atoms with Crippen molar-refractivity contribution in [1.29, 1.82) is 0 Å². The molecule has 2 aliphatic heterocycles. The second-order valence-electron chi connectivity index (χ2n) is 8.94. The maximum Gasteiger partial charge on any atom is 0.344 e. The van der Waals surface area contributed by atoms with Crippen molar-refractivity contribution in [3.63, 3.8) is 0 Å². The summed E-state index contributed by atoms with van der Waals surface area (Å²) >= 11 is 0. The number of para-hydroxylation sites is 1. The molecule has 4 rings (SSSR count). The van der Waals surface area contributed by atoms with Crippen molar-refractivity contribution in [3.05, 3.63) is 53.1 Å². The molecule has 2 aromatic carbocycles. The van der Waals surface area contributed by atoms with Crippen LogP contribution in [0.15, 0.2) is 36.4 Å². The number of ether oxygens (including phenoxy) is 3. The molecule has 2 aliphatic rings. The number of esters is 1. The van der Waals surface area contributed by atoms with Gasteiger partial charge in [-0.2, -0.15) is 0 Å². The van der Waals surface area contributed by atoms with Crippen LogP contribution in [0.3, 0.4) is 0 Å². The zero-order chi connectivity index (χ0) is 23.8. The predicted octanol–water partition coefficient (Wildman–Crippen LogP) is 2.92. The molecule has 0 bridgehead atoms. The first-order valence-corrected chi connectivity index (χ1v) is 12.6. The number of nitrogens with zero attached hydrogens (tertiary/aromatic N) is 1. The van der Waals surface area contributed by atoms with Crippen molar-refractivity contribution < 1.29 is 32.2 Å². The minimum absolute atomic E-state index is 0.331. The predicted molar refractivity (Wildman–Crippen MR) is 123 cm³/mol. The number of carbonyl (C=O) groups is 2. The van der Waals surface area contributed by atoms with E-state index in [1.807, 2.05) is 26.0 Å². The largest absolute Gasteiger partial charge is 0.483 e. The van der Waals surface area contributed by atoms with Crippen molar-refractivity contribution >= 4 is 27.5 Å². The number of ketones is 1. The van der Waals surface area contributed by atoms with Crippen LogP contribution in [-0.2, 0) is 32.4 Å². The first kappa shape index (κ1) is 23.1. The van der Waals surface area contributed by atoms with Crippen molar-refractivity contribution in [2.75, 3.05) is 30.3 Å². The molecule has 33 heavy (non-hydrogen) atoms. The molecule has 2 heterocycles. The molecule has 0 amide bonds. The summed E-state index contributed by atoms with van der Waals surface area (Å²) in [6.45, 7) is 3.62. The van der Waals surface area contributed by atoms with E-state index in [2.05, 4.69) is 0 Å². The molecular weight excluding hydrogens is 446 g/mol. The molecule has 0 atom stereocenters. The second kappa shape index (κ2) is 8.70. The third-order valence-electron chi connectivity index (χ3n) is 5.64. The molecule has 0 saturated heterocycles. The number of aryl methyl sites for hydroxylation is 1. The Bertz CT molecular complexity index is 1200. The number of hydrogen-bond acceptors (Lipinski definition) is 7. The number of benzene rings is 2. The first-order valence-electron chi connectivity index (χ1n) is 10.8. The summed E-state index contributed by atoms with van der Waals surface area (Å²) in [5.41, 5.74) is 2.43. The smallest absolute Gasteiger partial charge is 0.344 e. The van der Waals surface area contributed by atoms with Crippen LogP contribution in [-0.4, -0.2) is 51.8 Å². The van der Waals surface area contributed by atoms with Crippen LogP contribution in [0.5, 0.6) is 11.5 Å². The highest BCUT2D eigenvalue weighted by Gasteiger charge is 2.32. The summed E-state index contributed by atoms with van der Waals surface area (Å²) in [6, 6.07) is 10.4. The summed E-state index contributed by atoms with van der Waals surface area (Å²) in [4.78, 5) is 24.7. The summed E-state index contributed by atoms with van der Waals surface area (Å²) < 4.78 is 41.9. The molecular formula is C24H27NO7S. The molecule has 0 radical (unpaired) electrons. The third-order valence-corrected chi connectivity index (χ3v) is 6.82. The van der Waals surface area contributed by atoms with Gasteiger partial charge in [0.05, 0.1) is 11.9 Å². The van der Waals surface area contributed by atoms with Crippen LogP contribution in [0.25, 0.3) is 0 Å². The number of Topliss-reactive ketones (excluding diaryl/α,β-unsaturated/α-hetero) is 1. The van der Waals surface area contributed by atoms with Gasteiger partial charge >= 0.3 is 5.97 Å². The number of hydrogen-bond donors (Lipinski definition) is 0. The summed E-state index contributed by atoms with van der Waals surface area (Å²) in [6.07, 6.45) is 3.27. The molecule has 0 aromatic heterocycles. The quantitative estimate of drug-likeness (QED) is 0.450. The van der Waals surface area contributed by atoms with Crippen molar-refractivity contribution in [2.45, 2.75) is 38.7 Å². The molecule has 0 saturated carbocycles. The van der Waals surface area contributed by atoms with Gasteiger partial charge in [-0.1, -0.05) is 12.1 Å². The molecule has 176 valence electrons. The van der Waals surface area contributed by atoms with Gasteiger partial charge in [0.1, 0.15) is 5.60 Å². The van der Waals surface area contributed by atoms with Gasteiger partial charge in [-0.15, -0.1) is 0 Å². The zero-order valence-electron chi connectivity index (χ0n) is 18.9. The maximum atomic E-state index is 12.5. The average Bonchev–Trinajstić information content (AvgIpc) is 3.08. The van der Waals surface area contributed by atoms with Crippen LogP contribution < -0.4 is 13.8 Å². The Labute approximate surface area is 193 Å². The van der Waals surface area contributed by atoms with E-state index >= 15 is 0 Å². The molecule has 0 aliphatic carbocycles. The van der Waals surface area contributed by atoms with E-state index in [0.29, 0.717) is 42.1 Å². The van der Waals surface area contributed by atoms with E-state index in [4.69, 9.17) is 14.2 Å². The van der Waals surface area contributed by atoms with E-state index in [0.717, 1.165) is 17.5 Å². The monoisotopic (exact) mass is 473 g/mol. The number of sulfonamides is 1. The highest BCUT2D eigenvalue weighted by atomic mass is 32.2. The fourth-order valence-corrected chi connectivity index (χ4v) is 5.19. The van der Waals surface area contributed by atoms with Gasteiger partial charge in [-0.3, -0.25) is 9.10 Å². The van der Waals surface area contributed by atoms with Crippen LogP contribution in [0.2, 0.25) is 0 Å². The van der Waals surface area contributed by atoms with Crippen molar-refractivity contribution in [1.82, 2.24) is 0 Å². The van der Waals surface area contributed by atoms with Gasteiger partial charge < -0.3 is 14.2 Å². The Kier molecular flexibility index (Phi) is 6.09. The molecule has 0 N–H and O–H groups in total. The van der Waals surface area contributed by atoms with Crippen LogP contribution in [0.1, 0.15) is 41.8 Å². The Morgan fingerprint density at radius 1 is 1.12 bits per heavy atom. The lowest BCUT2D eigenvalue weighted by Crippen LogP contribution is -2.34. The van der Waals surface area contributed by atoms with E-state index in [1.54, 1.807) is 24.3 Å². The van der Waals surface area contributed by atoms with E-state index < -0.39 is 22.6 Å². The SMILES string of the molecule is CC1(C)Cc2cccc(OCC(=O)OCC(=O)c3ccc4c(c3)CCCN4S(C)(=O)=O)c2O1. The molecule has 0 spiro atoms. The van der Waals surface area contributed by atoms with Gasteiger partial charge in [0.25, 0.3) is 0 Å². The lowest BCUT2D eigenvalue weighted by atomic mass is 9.99. The van der Waals surface area contributed by atoms with E-state index in [-0.39, 0.29) is 18.0 Å². The van der Waals surface area contributed by atoms with Gasteiger partial charge in [-0.05, 0) is 56.5 Å². The lowest BCUT2D eigenvalue weighted by Gasteiger charge is -2.29. The number of fused-ring (bicyclic) bond motifs is 2. The summed E-state index contributed by atoms with van der Waals surface area (Å²) in [5, 5.41) is 0. The normalized spacial score (nSPS) is 16.4. The average molecular weight is 474 g/mol. The topological polar surface area (TPSA) is 99.2 Å². The van der Waals surface area contributed by atoms with Crippen molar-refractivity contribution in [3.8, 4) is 11.5 Å². The Morgan fingerprint density at radius 2 is 1.91 bits per heavy atom. The maximum absolute atomic E-state index is 12.5. The minimum Gasteiger partial charge on any atom is -0.483 e. The number of carbonyl (C=O) groups excluding carboxylic acids is 2. The van der Waals surface area contributed by atoms with E-state index in [9.17, 15) is 18.0 Å². The number of rotatable bonds is 7. The van der Waals surface area contributed by atoms with Gasteiger partial charge in [0, 0.05) is 24.1 Å². The molecule has 0 unspecified atom stereocenters. The molecule has 2 aromatic rings. The Balaban J connectivity index is 1.34. The van der Waals surface area contributed by atoms with Crippen LogP contribution in [0.4, 0.5) is 5.69 Å². The molecule has 0 fully saturated rings. The fraction of sp³-hybridized carbons (Fsp3) is 0.417. The molecule has 9 heteroatoms. The lowest BCUT2D eigenvalue weighted by molar-refractivity contribution is -0.144. The Morgan fingerprint density at radius 3 is 2.67 bits per heavy atom. The van der Waals surface area contributed by atoms with Gasteiger partial charge in [-0.25, -0.2) is 13.2 Å². The fourth-order valence-electron chi connectivity index (χ4n) is 4.19. The summed E-state index contributed by atoms with van der Waals surface area (Å²) in [7, 11) is -3.38. The first-order chi connectivity index (χ1) is 15.5.